The summed E-state index contributed by atoms with van der Waals surface area (Å²) in [5.74, 6) is -1.05. The molecule has 4 aromatic rings. The molecule has 0 unspecified atom stereocenters. The second-order valence-electron chi connectivity index (χ2n) is 6.05. The van der Waals surface area contributed by atoms with Crippen molar-refractivity contribution in [3.63, 3.8) is 0 Å². The number of amides is 2. The van der Waals surface area contributed by atoms with Gasteiger partial charge in [-0.05, 0) is 30.3 Å². The van der Waals surface area contributed by atoms with E-state index in [4.69, 9.17) is 5.11 Å². The average Bonchev–Trinajstić information content (AvgIpc) is 3.20. The molecule has 0 saturated heterocycles. The molecule has 0 fully saturated rings. The van der Waals surface area contributed by atoms with Crippen LogP contribution in [0.5, 0.6) is 0 Å². The highest BCUT2D eigenvalue weighted by molar-refractivity contribution is 6.00. The Morgan fingerprint density at radius 3 is 2.52 bits per heavy atom. The number of hydrogen-bond donors (Lipinski definition) is 4. The van der Waals surface area contributed by atoms with Gasteiger partial charge in [-0.1, -0.05) is 18.2 Å². The number of aromatic amines is 1. The summed E-state index contributed by atoms with van der Waals surface area (Å²) in [7, 11) is 0. The van der Waals surface area contributed by atoms with E-state index in [0.29, 0.717) is 16.9 Å². The molecule has 10 nitrogen and oxygen atoms in total. The van der Waals surface area contributed by atoms with Gasteiger partial charge < -0.3 is 15.7 Å². The van der Waals surface area contributed by atoms with E-state index in [-0.39, 0.29) is 16.9 Å². The number of rotatable bonds is 4. The molecule has 0 aliphatic heterocycles. The number of aromatic nitrogens is 4. The van der Waals surface area contributed by atoms with Crippen molar-refractivity contribution in [2.45, 2.75) is 0 Å². The van der Waals surface area contributed by atoms with Crippen molar-refractivity contribution in [3.05, 3.63) is 76.8 Å². The molecule has 144 valence electrons. The van der Waals surface area contributed by atoms with Gasteiger partial charge in [0.25, 0.3) is 5.56 Å². The first-order valence-corrected chi connectivity index (χ1v) is 8.45. The van der Waals surface area contributed by atoms with Gasteiger partial charge in [0.15, 0.2) is 0 Å². The molecule has 2 aromatic carbocycles. The third-order valence-electron chi connectivity index (χ3n) is 4.03. The molecule has 2 amide bonds. The predicted molar refractivity (Wildman–Crippen MR) is 106 cm³/mol. The molecule has 0 radical (unpaired) electrons. The highest BCUT2D eigenvalue weighted by Gasteiger charge is 2.11. The Kier molecular flexibility index (Phi) is 4.49. The summed E-state index contributed by atoms with van der Waals surface area (Å²) in [5, 5.41) is 18.5. The first-order valence-electron chi connectivity index (χ1n) is 8.45. The zero-order valence-electron chi connectivity index (χ0n) is 14.8. The van der Waals surface area contributed by atoms with E-state index < -0.39 is 17.6 Å². The minimum absolute atomic E-state index is 0.0308. The lowest BCUT2D eigenvalue weighted by atomic mass is 10.2. The number of fused-ring (bicyclic) bond motifs is 1. The van der Waals surface area contributed by atoms with Gasteiger partial charge >= 0.3 is 12.0 Å². The first kappa shape index (κ1) is 17.9. The van der Waals surface area contributed by atoms with E-state index in [2.05, 4.69) is 25.7 Å². The topological polar surface area (TPSA) is 142 Å². The van der Waals surface area contributed by atoms with Crippen LogP contribution in [-0.4, -0.2) is 36.9 Å². The van der Waals surface area contributed by atoms with Gasteiger partial charge in [0, 0.05) is 17.6 Å². The lowest BCUT2D eigenvalue weighted by Crippen LogP contribution is -2.20. The Balaban J connectivity index is 1.59. The number of carbonyl (C=O) groups excluding carboxylic acids is 1. The largest absolute Gasteiger partial charge is 0.478 e. The molecule has 0 aliphatic carbocycles. The van der Waals surface area contributed by atoms with Gasteiger partial charge in [-0.2, -0.15) is 5.10 Å². The Labute approximate surface area is 162 Å². The maximum absolute atomic E-state index is 12.5. The number of urea groups is 1. The fourth-order valence-electron chi connectivity index (χ4n) is 2.68. The highest BCUT2D eigenvalue weighted by atomic mass is 16.4. The van der Waals surface area contributed by atoms with Gasteiger partial charge in [0.05, 0.1) is 22.7 Å². The van der Waals surface area contributed by atoms with Gasteiger partial charge in [0.2, 0.25) is 5.95 Å². The van der Waals surface area contributed by atoms with Crippen LogP contribution in [0.1, 0.15) is 10.4 Å². The number of para-hydroxylation sites is 1. The smallest absolute Gasteiger partial charge is 0.338 e. The van der Waals surface area contributed by atoms with Crippen molar-refractivity contribution in [1.29, 1.82) is 0 Å². The summed E-state index contributed by atoms with van der Waals surface area (Å²) in [5.41, 5.74) is 0.930. The van der Waals surface area contributed by atoms with Crippen LogP contribution in [0.4, 0.5) is 16.2 Å². The molecular weight excluding hydrogens is 376 g/mol. The molecule has 29 heavy (non-hydrogen) atoms. The zero-order chi connectivity index (χ0) is 20.4. The maximum atomic E-state index is 12.5. The van der Waals surface area contributed by atoms with Gasteiger partial charge in [0.1, 0.15) is 0 Å². The molecule has 4 N–H and O–H groups in total. The monoisotopic (exact) mass is 390 g/mol. The number of anilines is 2. The van der Waals surface area contributed by atoms with Crippen LogP contribution in [0.25, 0.3) is 16.9 Å². The molecule has 0 aliphatic rings. The Bertz CT molecular complexity index is 1280. The van der Waals surface area contributed by atoms with Gasteiger partial charge in [-0.25, -0.2) is 19.3 Å². The van der Waals surface area contributed by atoms with Crippen molar-refractivity contribution < 1.29 is 14.7 Å². The number of nitrogens with one attached hydrogen (secondary N) is 3. The summed E-state index contributed by atoms with van der Waals surface area (Å²) in [6.45, 7) is 0. The summed E-state index contributed by atoms with van der Waals surface area (Å²) in [6.07, 6.45) is 2.40. The molecule has 2 aromatic heterocycles. The van der Waals surface area contributed by atoms with Crippen molar-refractivity contribution in [1.82, 2.24) is 19.7 Å². The van der Waals surface area contributed by atoms with Crippen molar-refractivity contribution >= 4 is 34.3 Å². The molecule has 0 spiro atoms. The SMILES string of the molecule is O=C(Nc1ccccc1)Nc1ccc2nc(-n3cc(C(=O)O)cn3)[nH]c(=O)c2c1. The number of benzene rings is 2. The maximum Gasteiger partial charge on any atom is 0.338 e. The van der Waals surface area contributed by atoms with Crippen LogP contribution >= 0.6 is 0 Å². The lowest BCUT2D eigenvalue weighted by Gasteiger charge is -2.08. The second-order valence-corrected chi connectivity index (χ2v) is 6.05. The van der Waals surface area contributed by atoms with Crippen molar-refractivity contribution in [3.8, 4) is 5.95 Å². The van der Waals surface area contributed by atoms with E-state index in [9.17, 15) is 14.4 Å². The number of nitrogens with zero attached hydrogens (tertiary/aromatic N) is 3. The number of H-pyrrole nitrogens is 1. The normalized spacial score (nSPS) is 10.6. The highest BCUT2D eigenvalue weighted by Crippen LogP contribution is 2.16. The predicted octanol–water partition coefficient (Wildman–Crippen LogP) is 2.45. The van der Waals surface area contributed by atoms with E-state index >= 15 is 0 Å². The van der Waals surface area contributed by atoms with E-state index in [1.807, 2.05) is 6.07 Å². The summed E-state index contributed by atoms with van der Waals surface area (Å²) in [4.78, 5) is 42.4. The van der Waals surface area contributed by atoms with Gasteiger partial charge in [-0.3, -0.25) is 9.78 Å². The third-order valence-corrected chi connectivity index (χ3v) is 4.03. The number of carboxylic acids is 1. The zero-order valence-corrected chi connectivity index (χ0v) is 14.8. The van der Waals surface area contributed by atoms with Crippen molar-refractivity contribution in [2.24, 2.45) is 0 Å². The van der Waals surface area contributed by atoms with Crippen LogP contribution in [0.2, 0.25) is 0 Å². The fourth-order valence-corrected chi connectivity index (χ4v) is 2.68. The third kappa shape index (κ3) is 3.81. The Morgan fingerprint density at radius 2 is 1.79 bits per heavy atom. The standard InChI is InChI=1S/C19H14N6O4/c26-16-14-8-13(22-19(29)21-12-4-2-1-3-5-12)6-7-15(14)23-18(24-16)25-10-11(9-20-25)17(27)28/h1-10H,(H,27,28)(H2,21,22,29)(H,23,24,26). The lowest BCUT2D eigenvalue weighted by molar-refractivity contribution is 0.0697. The summed E-state index contributed by atoms with van der Waals surface area (Å²) >= 11 is 0. The number of carboxylic acid groups (broad SMARTS) is 1. The van der Waals surface area contributed by atoms with Crippen LogP contribution in [0, 0.1) is 0 Å². The van der Waals surface area contributed by atoms with Crippen LogP contribution in [0.3, 0.4) is 0 Å². The molecule has 0 saturated carbocycles. The quantitative estimate of drug-likeness (QED) is 0.422. The van der Waals surface area contributed by atoms with Gasteiger partial charge in [-0.15, -0.1) is 0 Å². The second kappa shape index (κ2) is 7.27. The van der Waals surface area contributed by atoms with E-state index in [1.165, 1.54) is 16.9 Å². The molecule has 0 atom stereocenters. The minimum Gasteiger partial charge on any atom is -0.478 e. The summed E-state index contributed by atoms with van der Waals surface area (Å²) in [6, 6.07) is 13.2. The molecule has 10 heteroatoms. The first-order chi connectivity index (χ1) is 14.0. The van der Waals surface area contributed by atoms with Crippen molar-refractivity contribution in [2.75, 3.05) is 10.6 Å². The Hall–Kier alpha value is -4.47. The van der Waals surface area contributed by atoms with Crippen LogP contribution < -0.4 is 16.2 Å². The molecule has 2 heterocycles. The molecule has 4 rings (SSSR count). The van der Waals surface area contributed by atoms with Crippen LogP contribution in [-0.2, 0) is 0 Å². The average molecular weight is 390 g/mol. The van der Waals surface area contributed by atoms with Crippen LogP contribution in [0.15, 0.2) is 65.7 Å². The number of aromatic carboxylic acids is 1. The number of carbonyl (C=O) groups is 2. The van der Waals surface area contributed by atoms with E-state index in [1.54, 1.807) is 36.4 Å². The summed E-state index contributed by atoms with van der Waals surface area (Å²) < 4.78 is 1.17. The fraction of sp³-hybridized carbons (Fsp3) is 0. The number of hydrogen-bond acceptors (Lipinski definition) is 5. The van der Waals surface area contributed by atoms with E-state index in [0.717, 1.165) is 6.20 Å². The molecule has 0 bridgehead atoms. The molecular formula is C19H14N6O4. The Morgan fingerprint density at radius 1 is 1.03 bits per heavy atom. The minimum atomic E-state index is -1.14.